The third-order valence-corrected chi connectivity index (χ3v) is 3.90. The zero-order valence-corrected chi connectivity index (χ0v) is 14.7. The minimum atomic E-state index is -0.630. The largest absolute Gasteiger partial charge is 0.364 e. The van der Waals surface area contributed by atoms with Crippen LogP contribution in [0.5, 0.6) is 0 Å². The molecule has 1 aromatic heterocycles. The number of piperidine rings is 1. The topological polar surface area (TPSA) is 94.6 Å². The number of nitrogens with zero attached hydrogens (tertiary/aromatic N) is 2. The van der Waals surface area contributed by atoms with Crippen LogP contribution in [-0.4, -0.2) is 46.0 Å². The number of hydrogen-bond acceptors (Lipinski definition) is 5. The van der Waals surface area contributed by atoms with Crippen molar-refractivity contribution in [3.63, 3.8) is 0 Å². The number of hydroxylamine groups is 1. The molecule has 0 bridgehead atoms. The number of amides is 2. The molecular weight excluding hydrogens is 355 g/mol. The maximum Gasteiger partial charge on any atom is 0.267 e. The van der Waals surface area contributed by atoms with Gasteiger partial charge in [-0.3, -0.25) is 14.8 Å². The molecule has 1 fully saturated rings. The van der Waals surface area contributed by atoms with Gasteiger partial charge in [0.25, 0.3) is 5.91 Å². The van der Waals surface area contributed by atoms with Crippen LogP contribution in [0.25, 0.3) is 6.08 Å². The van der Waals surface area contributed by atoms with Gasteiger partial charge in [0.15, 0.2) is 0 Å². The lowest BCUT2D eigenvalue weighted by atomic mass is 10.1. The first-order valence-corrected chi connectivity index (χ1v) is 7.67. The molecule has 0 spiro atoms. The number of pyridine rings is 1. The van der Waals surface area contributed by atoms with E-state index in [0.717, 1.165) is 19.4 Å². The molecule has 1 aliphatic rings. The molecule has 0 radical (unpaired) electrons. The Morgan fingerprint density at radius 2 is 2.25 bits per heavy atom. The van der Waals surface area contributed by atoms with Crippen LogP contribution in [0.1, 0.15) is 25.3 Å². The summed E-state index contributed by atoms with van der Waals surface area (Å²) in [5, 5.41) is 12.1. The van der Waals surface area contributed by atoms with Crippen LogP contribution in [0, 0.1) is 0 Å². The lowest BCUT2D eigenvalue weighted by Gasteiger charge is -2.32. The van der Waals surface area contributed by atoms with Crippen molar-refractivity contribution in [2.45, 2.75) is 25.8 Å². The lowest BCUT2D eigenvalue weighted by molar-refractivity contribution is -0.129. The third-order valence-electron chi connectivity index (χ3n) is 3.61. The van der Waals surface area contributed by atoms with Gasteiger partial charge in [0.1, 0.15) is 5.82 Å². The maximum absolute atomic E-state index is 11.5. The molecule has 2 heterocycles. The van der Waals surface area contributed by atoms with E-state index < -0.39 is 5.91 Å². The van der Waals surface area contributed by atoms with Crippen LogP contribution < -0.4 is 10.8 Å². The second kappa shape index (κ2) is 9.46. The minimum absolute atomic E-state index is 0. The third kappa shape index (κ3) is 5.67. The summed E-state index contributed by atoms with van der Waals surface area (Å²) in [7, 11) is 0. The van der Waals surface area contributed by atoms with E-state index in [4.69, 9.17) is 16.8 Å². The van der Waals surface area contributed by atoms with Gasteiger partial charge < -0.3 is 10.2 Å². The van der Waals surface area contributed by atoms with E-state index in [-0.39, 0.29) is 24.4 Å². The monoisotopic (exact) mass is 374 g/mol. The van der Waals surface area contributed by atoms with E-state index in [2.05, 4.69) is 10.3 Å². The average Bonchev–Trinajstić information content (AvgIpc) is 2.55. The van der Waals surface area contributed by atoms with Crippen molar-refractivity contribution in [2.75, 3.05) is 18.4 Å². The van der Waals surface area contributed by atoms with Gasteiger partial charge in [-0.15, -0.1) is 12.4 Å². The summed E-state index contributed by atoms with van der Waals surface area (Å²) < 4.78 is 0. The quantitative estimate of drug-likeness (QED) is 0.426. The highest BCUT2D eigenvalue weighted by molar-refractivity contribution is 6.33. The van der Waals surface area contributed by atoms with Gasteiger partial charge in [-0.2, -0.15) is 0 Å². The van der Waals surface area contributed by atoms with Crippen molar-refractivity contribution in [3.8, 4) is 0 Å². The van der Waals surface area contributed by atoms with Crippen molar-refractivity contribution in [1.82, 2.24) is 15.4 Å². The van der Waals surface area contributed by atoms with Gasteiger partial charge in [-0.25, -0.2) is 10.5 Å². The first kappa shape index (κ1) is 20.2. The summed E-state index contributed by atoms with van der Waals surface area (Å²) in [6.45, 7) is 2.98. The second-order valence-electron chi connectivity index (χ2n) is 5.36. The van der Waals surface area contributed by atoms with Crippen LogP contribution in [0.2, 0.25) is 5.02 Å². The number of carbonyl (C=O) groups is 2. The highest BCUT2D eigenvalue weighted by Crippen LogP contribution is 2.23. The SMILES string of the molecule is CC(=O)N1CCC[C@@H](Nc2ncc(/C=C/C(=O)NO)cc2Cl)C1.Cl. The predicted molar refractivity (Wildman–Crippen MR) is 94.4 cm³/mol. The molecule has 0 unspecified atom stereocenters. The Balaban J connectivity index is 0.00000288. The summed E-state index contributed by atoms with van der Waals surface area (Å²) in [5.74, 6) is -0.0149. The number of anilines is 1. The Morgan fingerprint density at radius 3 is 2.88 bits per heavy atom. The molecule has 2 rings (SSSR count). The van der Waals surface area contributed by atoms with Crippen molar-refractivity contribution in [3.05, 3.63) is 28.9 Å². The van der Waals surface area contributed by atoms with E-state index in [1.165, 1.54) is 17.6 Å². The van der Waals surface area contributed by atoms with Crippen LogP contribution in [0.4, 0.5) is 5.82 Å². The summed E-state index contributed by atoms with van der Waals surface area (Å²) in [6, 6.07) is 1.78. The van der Waals surface area contributed by atoms with Crippen LogP contribution >= 0.6 is 24.0 Å². The van der Waals surface area contributed by atoms with Crippen LogP contribution in [-0.2, 0) is 9.59 Å². The van der Waals surface area contributed by atoms with Gasteiger partial charge >= 0.3 is 0 Å². The van der Waals surface area contributed by atoms with Gasteiger partial charge in [0.05, 0.1) is 5.02 Å². The predicted octanol–water partition coefficient (Wildman–Crippen LogP) is 2.10. The molecule has 1 aromatic rings. The van der Waals surface area contributed by atoms with E-state index in [1.54, 1.807) is 24.1 Å². The van der Waals surface area contributed by atoms with Crippen molar-refractivity contribution in [2.24, 2.45) is 0 Å². The summed E-state index contributed by atoms with van der Waals surface area (Å²) >= 11 is 6.21. The Hall–Kier alpha value is -1.83. The zero-order valence-electron chi connectivity index (χ0n) is 13.2. The molecule has 7 nitrogen and oxygen atoms in total. The molecule has 2 amide bonds. The fraction of sp³-hybridized carbons (Fsp3) is 0.400. The number of nitrogens with one attached hydrogen (secondary N) is 2. The van der Waals surface area contributed by atoms with Crippen LogP contribution in [0.3, 0.4) is 0 Å². The van der Waals surface area contributed by atoms with Gasteiger partial charge in [0, 0.05) is 38.3 Å². The van der Waals surface area contributed by atoms with Gasteiger partial charge in [-0.05, 0) is 30.5 Å². The number of likely N-dealkylation sites (tertiary alicyclic amines) is 1. The summed E-state index contributed by atoms with van der Waals surface area (Å²) in [6.07, 6.45) is 6.12. The normalized spacial score (nSPS) is 17.3. The molecule has 3 N–H and O–H groups in total. The first-order chi connectivity index (χ1) is 11.0. The highest BCUT2D eigenvalue weighted by Gasteiger charge is 2.22. The summed E-state index contributed by atoms with van der Waals surface area (Å²) in [5.41, 5.74) is 2.14. The fourth-order valence-corrected chi connectivity index (χ4v) is 2.66. The molecule has 9 heteroatoms. The second-order valence-corrected chi connectivity index (χ2v) is 5.76. The Labute approximate surface area is 151 Å². The fourth-order valence-electron chi connectivity index (χ4n) is 2.43. The first-order valence-electron chi connectivity index (χ1n) is 7.29. The number of halogens is 2. The maximum atomic E-state index is 11.5. The number of hydrogen-bond donors (Lipinski definition) is 3. The summed E-state index contributed by atoms with van der Waals surface area (Å²) in [4.78, 5) is 28.5. The Bertz CT molecular complexity index is 625. The van der Waals surface area contributed by atoms with Gasteiger partial charge in [0.2, 0.25) is 5.91 Å². The average molecular weight is 375 g/mol. The zero-order chi connectivity index (χ0) is 16.8. The van der Waals surface area contributed by atoms with Crippen molar-refractivity contribution in [1.29, 1.82) is 0 Å². The number of rotatable bonds is 4. The van der Waals surface area contributed by atoms with E-state index in [9.17, 15) is 9.59 Å². The van der Waals surface area contributed by atoms with Crippen LogP contribution in [0.15, 0.2) is 18.3 Å². The number of carbonyl (C=O) groups excluding carboxylic acids is 2. The standard InChI is InChI=1S/C15H19ClN4O3.ClH/c1-10(21)20-6-2-3-12(9-20)18-15-13(16)7-11(8-17-15)4-5-14(22)19-23;/h4-5,7-8,12,23H,2-3,6,9H2,1H3,(H,17,18)(H,19,22);1H/b5-4+;/t12-;/m1./s1. The molecule has 132 valence electrons. The highest BCUT2D eigenvalue weighted by atomic mass is 35.5. The Kier molecular flexibility index (Phi) is 7.97. The van der Waals surface area contributed by atoms with Crippen molar-refractivity contribution < 1.29 is 14.8 Å². The molecule has 1 atom stereocenters. The minimum Gasteiger partial charge on any atom is -0.364 e. The van der Waals surface area contributed by atoms with Crippen molar-refractivity contribution >= 4 is 47.7 Å². The van der Waals surface area contributed by atoms with E-state index in [0.29, 0.717) is 22.9 Å². The van der Waals surface area contributed by atoms with E-state index in [1.807, 2.05) is 0 Å². The number of aromatic nitrogens is 1. The molecule has 0 aromatic carbocycles. The molecule has 0 saturated carbocycles. The molecule has 1 aliphatic heterocycles. The molecule has 0 aliphatic carbocycles. The Morgan fingerprint density at radius 1 is 1.50 bits per heavy atom. The smallest absolute Gasteiger partial charge is 0.267 e. The molecule has 24 heavy (non-hydrogen) atoms. The lowest BCUT2D eigenvalue weighted by Crippen LogP contribution is -2.44. The molecular formula is C15H20Cl2N4O3. The van der Waals surface area contributed by atoms with E-state index >= 15 is 0 Å². The van der Waals surface area contributed by atoms with Gasteiger partial charge in [-0.1, -0.05) is 11.6 Å². The molecule has 1 saturated heterocycles.